The smallest absolute Gasteiger partial charge is 0.338 e. The molecule has 1 aromatic heterocycles. The van der Waals surface area contributed by atoms with Crippen LogP contribution in [0.15, 0.2) is 12.1 Å². The Kier molecular flexibility index (Phi) is 3.63. The predicted octanol–water partition coefficient (Wildman–Crippen LogP) is 2.56. The highest BCUT2D eigenvalue weighted by Crippen LogP contribution is 2.38. The molecule has 1 unspecified atom stereocenters. The number of phenols is 1. The molecule has 6 nitrogen and oxygen atoms in total. The lowest BCUT2D eigenvalue weighted by molar-refractivity contribution is -0.138. The van der Waals surface area contributed by atoms with Gasteiger partial charge in [-0.15, -0.1) is 0 Å². The van der Waals surface area contributed by atoms with Crippen molar-refractivity contribution in [3.05, 3.63) is 29.0 Å². The number of carbonyl (C=O) groups is 2. The summed E-state index contributed by atoms with van der Waals surface area (Å²) in [6.07, 6.45) is 0. The van der Waals surface area contributed by atoms with E-state index in [1.54, 1.807) is 17.6 Å². The highest BCUT2D eigenvalue weighted by Gasteiger charge is 2.28. The van der Waals surface area contributed by atoms with Crippen LogP contribution < -0.4 is 0 Å². The lowest BCUT2D eigenvalue weighted by Gasteiger charge is -2.12. The van der Waals surface area contributed by atoms with E-state index in [1.807, 2.05) is 6.92 Å². The zero-order valence-corrected chi connectivity index (χ0v) is 12.0. The third kappa shape index (κ3) is 2.12. The Balaban J connectivity index is 3.01. The molecular weight excluding hydrogens is 274 g/mol. The Morgan fingerprint density at radius 2 is 1.90 bits per heavy atom. The van der Waals surface area contributed by atoms with E-state index < -0.39 is 17.9 Å². The van der Waals surface area contributed by atoms with E-state index >= 15 is 0 Å². The van der Waals surface area contributed by atoms with Crippen molar-refractivity contribution in [2.75, 3.05) is 0 Å². The fourth-order valence-electron chi connectivity index (χ4n) is 2.81. The van der Waals surface area contributed by atoms with E-state index in [1.165, 1.54) is 13.0 Å². The maximum Gasteiger partial charge on any atom is 0.338 e. The quantitative estimate of drug-likeness (QED) is 0.804. The molecule has 3 N–H and O–H groups in total. The summed E-state index contributed by atoms with van der Waals surface area (Å²) in [7, 11) is 0. The molecule has 2 rings (SSSR count). The first-order valence-electron chi connectivity index (χ1n) is 6.62. The molecule has 0 aliphatic heterocycles. The molecule has 21 heavy (non-hydrogen) atoms. The Morgan fingerprint density at radius 1 is 1.29 bits per heavy atom. The number of aliphatic carboxylic acids is 1. The van der Waals surface area contributed by atoms with Crippen LogP contribution in [-0.4, -0.2) is 31.8 Å². The molecule has 0 saturated heterocycles. The van der Waals surface area contributed by atoms with Gasteiger partial charge in [0.25, 0.3) is 0 Å². The summed E-state index contributed by atoms with van der Waals surface area (Å²) in [6, 6.07) is 3.03. The van der Waals surface area contributed by atoms with E-state index in [0.29, 0.717) is 23.1 Å². The molecule has 1 aromatic carbocycles. The number of nitrogens with zero attached hydrogens (tertiary/aromatic N) is 1. The van der Waals surface area contributed by atoms with Crippen LogP contribution in [0.25, 0.3) is 10.9 Å². The van der Waals surface area contributed by atoms with Crippen LogP contribution >= 0.6 is 0 Å². The second kappa shape index (κ2) is 5.12. The standard InChI is InChI=1S/C15H17NO5/c1-4-16-8(3)12(15(20)21)13-9(16)5-6-10(17)11(13)7(2)14(18)19/h5-7,17H,4H2,1-3H3,(H,18,19)(H,20,21). The first-order valence-corrected chi connectivity index (χ1v) is 6.62. The van der Waals surface area contributed by atoms with Crippen molar-refractivity contribution in [2.45, 2.75) is 33.2 Å². The molecule has 0 fully saturated rings. The first-order chi connectivity index (χ1) is 9.81. The van der Waals surface area contributed by atoms with Gasteiger partial charge in [0, 0.05) is 28.7 Å². The number of carboxylic acid groups (broad SMARTS) is 2. The summed E-state index contributed by atoms with van der Waals surface area (Å²) >= 11 is 0. The van der Waals surface area contributed by atoms with Crippen LogP contribution in [0.1, 0.15) is 41.4 Å². The van der Waals surface area contributed by atoms with Crippen molar-refractivity contribution in [1.82, 2.24) is 4.57 Å². The maximum atomic E-state index is 11.6. The molecule has 6 heteroatoms. The van der Waals surface area contributed by atoms with Gasteiger partial charge in [0.1, 0.15) is 5.75 Å². The number of phenolic OH excluding ortho intramolecular Hbond substituents is 1. The molecular formula is C15H17NO5. The fourth-order valence-corrected chi connectivity index (χ4v) is 2.81. The summed E-state index contributed by atoms with van der Waals surface area (Å²) in [4.78, 5) is 22.9. The van der Waals surface area contributed by atoms with Crippen LogP contribution in [0, 0.1) is 6.92 Å². The molecule has 0 aliphatic rings. The van der Waals surface area contributed by atoms with Crippen molar-refractivity contribution < 1.29 is 24.9 Å². The number of rotatable bonds is 4. The van der Waals surface area contributed by atoms with Crippen molar-refractivity contribution >= 4 is 22.8 Å². The third-order valence-electron chi connectivity index (χ3n) is 3.84. The van der Waals surface area contributed by atoms with Gasteiger partial charge in [-0.3, -0.25) is 4.79 Å². The number of benzene rings is 1. The second-order valence-corrected chi connectivity index (χ2v) is 4.96. The first kappa shape index (κ1) is 14.9. The summed E-state index contributed by atoms with van der Waals surface area (Å²) in [5, 5.41) is 29.0. The molecule has 0 amide bonds. The summed E-state index contributed by atoms with van der Waals surface area (Å²) in [5.41, 5.74) is 1.36. The van der Waals surface area contributed by atoms with Crippen LogP contribution in [0.4, 0.5) is 0 Å². The second-order valence-electron chi connectivity index (χ2n) is 4.96. The van der Waals surface area contributed by atoms with Crippen molar-refractivity contribution in [2.24, 2.45) is 0 Å². The Hall–Kier alpha value is -2.50. The number of hydrogen-bond donors (Lipinski definition) is 3. The minimum absolute atomic E-state index is 0.0471. The molecule has 0 bridgehead atoms. The normalized spacial score (nSPS) is 12.5. The molecule has 112 valence electrons. The van der Waals surface area contributed by atoms with Crippen molar-refractivity contribution in [1.29, 1.82) is 0 Å². The van der Waals surface area contributed by atoms with Crippen molar-refractivity contribution in [3.63, 3.8) is 0 Å². The van der Waals surface area contributed by atoms with Crippen LogP contribution in [-0.2, 0) is 11.3 Å². The van der Waals surface area contributed by atoms with Gasteiger partial charge in [0.05, 0.1) is 11.5 Å². The number of hydrogen-bond acceptors (Lipinski definition) is 3. The van der Waals surface area contributed by atoms with Gasteiger partial charge in [-0.2, -0.15) is 0 Å². The lowest BCUT2D eigenvalue weighted by atomic mass is 9.94. The number of aryl methyl sites for hydroxylation is 1. The fraction of sp³-hybridized carbons (Fsp3) is 0.333. The average molecular weight is 291 g/mol. The third-order valence-corrected chi connectivity index (χ3v) is 3.84. The van der Waals surface area contributed by atoms with Gasteiger partial charge in [0.2, 0.25) is 0 Å². The van der Waals surface area contributed by atoms with E-state index in [2.05, 4.69) is 0 Å². The van der Waals surface area contributed by atoms with Gasteiger partial charge in [0.15, 0.2) is 0 Å². The molecule has 1 heterocycles. The SMILES string of the molecule is CCn1c(C)c(C(=O)O)c2c(C(C)C(=O)O)c(O)ccc21. The Bertz CT molecular complexity index is 744. The lowest BCUT2D eigenvalue weighted by Crippen LogP contribution is -2.09. The number of fused-ring (bicyclic) bond motifs is 1. The van der Waals surface area contributed by atoms with Gasteiger partial charge in [-0.05, 0) is 32.9 Å². The molecule has 0 aliphatic carbocycles. The molecule has 0 radical (unpaired) electrons. The zero-order chi connectivity index (χ0) is 15.9. The molecule has 0 saturated carbocycles. The van der Waals surface area contributed by atoms with Crippen LogP contribution in [0.2, 0.25) is 0 Å². The maximum absolute atomic E-state index is 11.6. The van der Waals surface area contributed by atoms with Crippen molar-refractivity contribution in [3.8, 4) is 5.75 Å². The highest BCUT2D eigenvalue weighted by molar-refractivity contribution is 6.08. The van der Waals surface area contributed by atoms with Gasteiger partial charge in [-0.25, -0.2) is 4.79 Å². The van der Waals surface area contributed by atoms with E-state index in [9.17, 15) is 24.9 Å². The molecule has 2 aromatic rings. The monoisotopic (exact) mass is 291 g/mol. The Labute approximate surface area is 121 Å². The van der Waals surface area contributed by atoms with Crippen LogP contribution in [0.5, 0.6) is 5.75 Å². The Morgan fingerprint density at radius 3 is 2.38 bits per heavy atom. The van der Waals surface area contributed by atoms with Gasteiger partial charge >= 0.3 is 11.9 Å². The minimum Gasteiger partial charge on any atom is -0.508 e. The number of aromatic hydroxyl groups is 1. The summed E-state index contributed by atoms with van der Waals surface area (Å²) in [6.45, 7) is 5.55. The van der Waals surface area contributed by atoms with Crippen LogP contribution in [0.3, 0.4) is 0 Å². The number of aromatic nitrogens is 1. The summed E-state index contributed by atoms with van der Waals surface area (Å²) < 4.78 is 1.80. The largest absolute Gasteiger partial charge is 0.508 e. The van der Waals surface area contributed by atoms with E-state index in [-0.39, 0.29) is 16.9 Å². The predicted molar refractivity (Wildman–Crippen MR) is 77.0 cm³/mol. The summed E-state index contributed by atoms with van der Waals surface area (Å²) in [5.74, 6) is -3.45. The number of carboxylic acids is 2. The zero-order valence-electron chi connectivity index (χ0n) is 12.0. The minimum atomic E-state index is -1.13. The van der Waals surface area contributed by atoms with E-state index in [0.717, 1.165) is 0 Å². The molecule has 1 atom stereocenters. The number of aromatic carboxylic acids is 1. The molecule has 0 spiro atoms. The van der Waals surface area contributed by atoms with Gasteiger partial charge in [-0.1, -0.05) is 0 Å². The van der Waals surface area contributed by atoms with E-state index in [4.69, 9.17) is 0 Å². The topological polar surface area (TPSA) is 99.8 Å². The van der Waals surface area contributed by atoms with Gasteiger partial charge < -0.3 is 19.9 Å². The average Bonchev–Trinajstić information content (AvgIpc) is 2.69. The highest BCUT2D eigenvalue weighted by atomic mass is 16.4.